The topological polar surface area (TPSA) is 66.6 Å². The summed E-state index contributed by atoms with van der Waals surface area (Å²) >= 11 is 0. The highest BCUT2D eigenvalue weighted by Gasteiger charge is 2.42. The fourth-order valence-electron chi connectivity index (χ4n) is 3.47. The number of piperidine rings is 1. The largest absolute Gasteiger partial charge is 0.396 e. The zero-order chi connectivity index (χ0) is 13.9. The summed E-state index contributed by atoms with van der Waals surface area (Å²) in [6, 6.07) is 0. The van der Waals surface area contributed by atoms with E-state index >= 15 is 0 Å². The molecule has 1 aliphatic carbocycles. The fourth-order valence-corrected chi connectivity index (χ4v) is 3.47. The lowest BCUT2D eigenvalue weighted by Gasteiger charge is -2.42. The zero-order valence-corrected chi connectivity index (χ0v) is 12.1. The third kappa shape index (κ3) is 3.11. The molecule has 4 nitrogen and oxygen atoms in total. The number of likely N-dealkylation sites (tertiary alicyclic amines) is 1. The van der Waals surface area contributed by atoms with E-state index < -0.39 is 0 Å². The molecule has 0 aromatic heterocycles. The molecule has 0 bridgehead atoms. The molecule has 2 aliphatic rings. The van der Waals surface area contributed by atoms with E-state index in [0.29, 0.717) is 12.5 Å². The monoisotopic (exact) mass is 268 g/mol. The molecule has 0 spiro atoms. The Morgan fingerprint density at radius 1 is 1.26 bits per heavy atom. The van der Waals surface area contributed by atoms with Crippen LogP contribution in [0.2, 0.25) is 0 Å². The molecule has 1 heterocycles. The van der Waals surface area contributed by atoms with Gasteiger partial charge in [-0.15, -0.1) is 0 Å². The van der Waals surface area contributed by atoms with Crippen molar-refractivity contribution in [1.29, 1.82) is 0 Å². The van der Waals surface area contributed by atoms with Crippen molar-refractivity contribution in [1.82, 2.24) is 4.90 Å². The number of hydrogen-bond acceptors (Lipinski definition) is 3. The summed E-state index contributed by atoms with van der Waals surface area (Å²) in [7, 11) is 0. The summed E-state index contributed by atoms with van der Waals surface area (Å²) in [6.07, 6.45) is 6.00. The molecule has 110 valence electrons. The number of hydrogen-bond donors (Lipinski definition) is 2. The Morgan fingerprint density at radius 2 is 1.84 bits per heavy atom. The maximum atomic E-state index is 12.8. The Kier molecular flexibility index (Phi) is 4.85. The van der Waals surface area contributed by atoms with Crippen molar-refractivity contribution in [2.45, 2.75) is 45.4 Å². The molecule has 3 N–H and O–H groups in total. The van der Waals surface area contributed by atoms with Crippen molar-refractivity contribution in [2.75, 3.05) is 26.2 Å². The Hall–Kier alpha value is -0.610. The molecule has 4 heteroatoms. The summed E-state index contributed by atoms with van der Waals surface area (Å²) in [4.78, 5) is 14.8. The minimum atomic E-state index is -0.293. The second-order valence-corrected chi connectivity index (χ2v) is 6.59. The van der Waals surface area contributed by atoms with Crippen LogP contribution >= 0.6 is 0 Å². The Balaban J connectivity index is 1.97. The normalized spacial score (nSPS) is 33.4. The number of rotatable bonds is 3. The van der Waals surface area contributed by atoms with Crippen LogP contribution in [0.3, 0.4) is 0 Å². The average molecular weight is 268 g/mol. The van der Waals surface area contributed by atoms with Gasteiger partial charge in [-0.3, -0.25) is 4.79 Å². The van der Waals surface area contributed by atoms with Gasteiger partial charge in [-0.05, 0) is 50.4 Å². The van der Waals surface area contributed by atoms with Crippen LogP contribution < -0.4 is 5.73 Å². The number of carbonyl (C=O) groups excluding carboxylic acids is 1. The van der Waals surface area contributed by atoms with E-state index in [-0.39, 0.29) is 17.9 Å². The Morgan fingerprint density at radius 3 is 2.32 bits per heavy atom. The fraction of sp³-hybridized carbons (Fsp3) is 0.933. The van der Waals surface area contributed by atoms with Gasteiger partial charge in [0.05, 0.1) is 5.41 Å². The molecule has 0 atom stereocenters. The summed E-state index contributed by atoms with van der Waals surface area (Å²) in [5, 5.41) is 9.17. The summed E-state index contributed by atoms with van der Waals surface area (Å²) in [5.74, 6) is 1.38. The first-order chi connectivity index (χ1) is 9.11. The van der Waals surface area contributed by atoms with Gasteiger partial charge < -0.3 is 15.7 Å². The maximum Gasteiger partial charge on any atom is 0.230 e. The molecule has 1 saturated carbocycles. The van der Waals surface area contributed by atoms with E-state index in [9.17, 15) is 4.79 Å². The third-order valence-corrected chi connectivity index (χ3v) is 5.24. The molecular formula is C15H28N2O2. The van der Waals surface area contributed by atoms with Crippen molar-refractivity contribution in [2.24, 2.45) is 23.0 Å². The Labute approximate surface area is 116 Å². The quantitative estimate of drug-likeness (QED) is 0.812. The molecule has 2 rings (SSSR count). The van der Waals surface area contributed by atoms with Crippen LogP contribution in [-0.2, 0) is 4.79 Å². The van der Waals surface area contributed by atoms with Gasteiger partial charge in [0, 0.05) is 26.2 Å². The van der Waals surface area contributed by atoms with Crippen molar-refractivity contribution in [3.05, 3.63) is 0 Å². The lowest BCUT2D eigenvalue weighted by molar-refractivity contribution is -0.145. The highest BCUT2D eigenvalue weighted by atomic mass is 16.3. The summed E-state index contributed by atoms with van der Waals surface area (Å²) < 4.78 is 0. The minimum absolute atomic E-state index is 0.252. The van der Waals surface area contributed by atoms with Crippen molar-refractivity contribution in [3.8, 4) is 0 Å². The van der Waals surface area contributed by atoms with Gasteiger partial charge in [0.25, 0.3) is 0 Å². The number of aliphatic hydroxyl groups is 1. The maximum absolute atomic E-state index is 12.8. The number of nitrogens with zero attached hydrogens (tertiary/aromatic N) is 1. The van der Waals surface area contributed by atoms with E-state index in [1.54, 1.807) is 0 Å². The number of aliphatic hydroxyl groups excluding tert-OH is 1. The lowest BCUT2D eigenvalue weighted by atomic mass is 9.69. The van der Waals surface area contributed by atoms with Gasteiger partial charge in [0.1, 0.15) is 0 Å². The van der Waals surface area contributed by atoms with Crippen LogP contribution in [0, 0.1) is 17.3 Å². The summed E-state index contributed by atoms with van der Waals surface area (Å²) in [5.41, 5.74) is 5.66. The van der Waals surface area contributed by atoms with Crippen LogP contribution in [-0.4, -0.2) is 42.2 Å². The van der Waals surface area contributed by atoms with Gasteiger partial charge in [-0.25, -0.2) is 0 Å². The Bertz CT molecular complexity index is 303. The van der Waals surface area contributed by atoms with Gasteiger partial charge in [-0.2, -0.15) is 0 Å². The third-order valence-electron chi connectivity index (χ3n) is 5.24. The van der Waals surface area contributed by atoms with Crippen LogP contribution in [0.4, 0.5) is 0 Å². The minimum Gasteiger partial charge on any atom is -0.396 e. The first-order valence-corrected chi connectivity index (χ1v) is 7.71. The van der Waals surface area contributed by atoms with Crippen molar-refractivity contribution >= 4 is 5.91 Å². The highest BCUT2D eigenvalue weighted by molar-refractivity contribution is 5.83. The zero-order valence-electron chi connectivity index (χ0n) is 12.1. The summed E-state index contributed by atoms with van der Waals surface area (Å²) in [6.45, 7) is 4.58. The van der Waals surface area contributed by atoms with E-state index in [1.165, 1.54) is 0 Å². The number of amides is 1. The number of carbonyl (C=O) groups is 1. The number of nitrogens with two attached hydrogens (primary N) is 1. The van der Waals surface area contributed by atoms with Crippen LogP contribution in [0.5, 0.6) is 0 Å². The molecule has 0 radical (unpaired) electrons. The molecule has 1 amide bonds. The van der Waals surface area contributed by atoms with E-state index in [2.05, 4.69) is 6.92 Å². The highest BCUT2D eigenvalue weighted by Crippen LogP contribution is 2.40. The second kappa shape index (κ2) is 6.23. The first-order valence-electron chi connectivity index (χ1n) is 7.71. The predicted octanol–water partition coefficient (Wildman–Crippen LogP) is 1.37. The molecule has 0 aromatic carbocycles. The second-order valence-electron chi connectivity index (χ2n) is 6.59. The van der Waals surface area contributed by atoms with Crippen molar-refractivity contribution < 1.29 is 9.90 Å². The standard InChI is InChI=1S/C15H28N2O2/c1-12-2-6-15(11-16,7-3-12)14(19)17-8-4-13(10-18)5-9-17/h12-13,18H,2-11,16H2,1H3. The van der Waals surface area contributed by atoms with Gasteiger partial charge in [0.2, 0.25) is 5.91 Å². The van der Waals surface area contributed by atoms with Crippen LogP contribution in [0.15, 0.2) is 0 Å². The average Bonchev–Trinajstić information content (AvgIpc) is 2.48. The molecule has 2 fully saturated rings. The SMILES string of the molecule is CC1CCC(CN)(C(=O)N2CCC(CO)CC2)CC1. The van der Waals surface area contributed by atoms with Gasteiger partial charge >= 0.3 is 0 Å². The van der Waals surface area contributed by atoms with E-state index in [4.69, 9.17) is 10.8 Å². The van der Waals surface area contributed by atoms with Crippen molar-refractivity contribution in [3.63, 3.8) is 0 Å². The molecule has 0 unspecified atom stereocenters. The molecule has 1 aliphatic heterocycles. The molecular weight excluding hydrogens is 240 g/mol. The first kappa shape index (κ1) is 14.8. The van der Waals surface area contributed by atoms with E-state index in [1.807, 2.05) is 4.90 Å². The van der Waals surface area contributed by atoms with E-state index in [0.717, 1.165) is 57.5 Å². The predicted molar refractivity (Wildman–Crippen MR) is 75.5 cm³/mol. The molecule has 19 heavy (non-hydrogen) atoms. The molecule has 0 aromatic rings. The van der Waals surface area contributed by atoms with Crippen LogP contribution in [0.25, 0.3) is 0 Å². The smallest absolute Gasteiger partial charge is 0.230 e. The van der Waals surface area contributed by atoms with Crippen LogP contribution in [0.1, 0.15) is 45.4 Å². The molecule has 1 saturated heterocycles. The van der Waals surface area contributed by atoms with Gasteiger partial charge in [0.15, 0.2) is 0 Å². The lowest BCUT2D eigenvalue weighted by Crippen LogP contribution is -2.52. The van der Waals surface area contributed by atoms with Gasteiger partial charge in [-0.1, -0.05) is 6.92 Å².